The molecule has 0 atom stereocenters. The second kappa shape index (κ2) is 6.00. The lowest BCUT2D eigenvalue weighted by atomic mass is 10.1. The molecule has 9 heteroatoms. The summed E-state index contributed by atoms with van der Waals surface area (Å²) in [5.41, 5.74) is 0.866. The van der Waals surface area contributed by atoms with Crippen LogP contribution >= 0.6 is 11.3 Å². The molecule has 0 bridgehead atoms. The van der Waals surface area contributed by atoms with E-state index in [1.807, 2.05) is 0 Å². The Bertz CT molecular complexity index is 1010. The van der Waals surface area contributed by atoms with Gasteiger partial charge >= 0.3 is 0 Å². The quantitative estimate of drug-likeness (QED) is 0.757. The van der Waals surface area contributed by atoms with E-state index in [4.69, 9.17) is 4.74 Å². The average Bonchev–Trinajstić information content (AvgIpc) is 2.92. The Morgan fingerprint density at radius 1 is 1.38 bits per heavy atom. The third-order valence-corrected chi connectivity index (χ3v) is 4.48. The SMILES string of the molecule is COc1cc(F)cc2sc(NC(=O)c3c(C)c(C)n[nH]c3=O)nc12. The van der Waals surface area contributed by atoms with Gasteiger partial charge < -0.3 is 4.74 Å². The largest absolute Gasteiger partial charge is 0.494 e. The fourth-order valence-corrected chi connectivity index (χ4v) is 3.14. The number of aromatic nitrogens is 3. The van der Waals surface area contributed by atoms with Gasteiger partial charge in [0.15, 0.2) is 5.13 Å². The minimum absolute atomic E-state index is 0.0279. The van der Waals surface area contributed by atoms with Crippen LogP contribution in [0.2, 0.25) is 0 Å². The molecule has 0 aliphatic carbocycles. The van der Waals surface area contributed by atoms with Crippen LogP contribution in [-0.4, -0.2) is 28.2 Å². The minimum atomic E-state index is -0.599. The Hall–Kier alpha value is -2.81. The molecular weight excluding hydrogens is 335 g/mol. The van der Waals surface area contributed by atoms with Crippen molar-refractivity contribution in [1.29, 1.82) is 0 Å². The van der Waals surface area contributed by atoms with Gasteiger partial charge in [-0.15, -0.1) is 0 Å². The van der Waals surface area contributed by atoms with Crippen LogP contribution in [0.1, 0.15) is 21.6 Å². The smallest absolute Gasteiger partial charge is 0.277 e. The number of H-pyrrole nitrogens is 1. The molecule has 0 radical (unpaired) electrons. The molecule has 1 aromatic carbocycles. The molecule has 2 N–H and O–H groups in total. The molecule has 124 valence electrons. The number of methoxy groups -OCH3 is 1. The van der Waals surface area contributed by atoms with Crippen molar-refractivity contribution in [2.45, 2.75) is 13.8 Å². The molecule has 0 saturated carbocycles. The van der Waals surface area contributed by atoms with Gasteiger partial charge in [0.1, 0.15) is 22.6 Å². The van der Waals surface area contributed by atoms with E-state index in [-0.39, 0.29) is 16.4 Å². The highest BCUT2D eigenvalue weighted by Crippen LogP contribution is 2.33. The van der Waals surface area contributed by atoms with Crippen LogP contribution in [0.15, 0.2) is 16.9 Å². The van der Waals surface area contributed by atoms with E-state index in [0.717, 1.165) is 11.3 Å². The molecule has 2 aromatic heterocycles. The summed E-state index contributed by atoms with van der Waals surface area (Å²) in [6.07, 6.45) is 0. The predicted molar refractivity (Wildman–Crippen MR) is 88.4 cm³/mol. The Balaban J connectivity index is 2.00. The van der Waals surface area contributed by atoms with E-state index in [1.165, 1.54) is 19.2 Å². The van der Waals surface area contributed by atoms with Gasteiger partial charge in [-0.05, 0) is 25.5 Å². The molecule has 0 fully saturated rings. The van der Waals surface area contributed by atoms with Crippen molar-refractivity contribution in [3.8, 4) is 5.75 Å². The third kappa shape index (κ3) is 2.73. The first-order valence-electron chi connectivity index (χ1n) is 6.92. The topological polar surface area (TPSA) is 97.0 Å². The van der Waals surface area contributed by atoms with E-state index in [9.17, 15) is 14.0 Å². The summed E-state index contributed by atoms with van der Waals surface area (Å²) in [6.45, 7) is 3.33. The number of nitrogens with one attached hydrogen (secondary N) is 2. The number of hydrogen-bond donors (Lipinski definition) is 2. The molecule has 2 heterocycles. The number of halogens is 1. The van der Waals surface area contributed by atoms with E-state index in [2.05, 4.69) is 20.5 Å². The highest BCUT2D eigenvalue weighted by molar-refractivity contribution is 7.22. The molecule has 0 saturated heterocycles. The first kappa shape index (κ1) is 16.1. The number of carbonyl (C=O) groups is 1. The van der Waals surface area contributed by atoms with Crippen LogP contribution < -0.4 is 15.6 Å². The first-order valence-corrected chi connectivity index (χ1v) is 7.73. The third-order valence-electron chi connectivity index (χ3n) is 3.56. The normalized spacial score (nSPS) is 10.8. The van der Waals surface area contributed by atoms with Gasteiger partial charge in [0.05, 0.1) is 17.5 Å². The lowest BCUT2D eigenvalue weighted by Gasteiger charge is -2.05. The van der Waals surface area contributed by atoms with Gasteiger partial charge in [0.2, 0.25) is 0 Å². The van der Waals surface area contributed by atoms with Gasteiger partial charge in [0, 0.05) is 6.07 Å². The van der Waals surface area contributed by atoms with E-state index < -0.39 is 17.3 Å². The maximum Gasteiger partial charge on any atom is 0.277 e. The Morgan fingerprint density at radius 3 is 2.83 bits per heavy atom. The fourth-order valence-electron chi connectivity index (χ4n) is 2.23. The van der Waals surface area contributed by atoms with Gasteiger partial charge in [-0.3, -0.25) is 14.9 Å². The maximum atomic E-state index is 13.5. The van der Waals surface area contributed by atoms with Crippen molar-refractivity contribution >= 4 is 32.6 Å². The molecule has 0 spiro atoms. The van der Waals surface area contributed by atoms with Crippen LogP contribution in [0.3, 0.4) is 0 Å². The number of aromatic amines is 1. The number of nitrogens with zero attached hydrogens (tertiary/aromatic N) is 2. The zero-order valence-corrected chi connectivity index (χ0v) is 13.9. The number of amides is 1. The molecule has 7 nitrogen and oxygen atoms in total. The minimum Gasteiger partial charge on any atom is -0.494 e. The van der Waals surface area contributed by atoms with E-state index >= 15 is 0 Å². The van der Waals surface area contributed by atoms with Crippen molar-refractivity contribution in [3.63, 3.8) is 0 Å². The second-order valence-corrected chi connectivity index (χ2v) is 6.10. The average molecular weight is 348 g/mol. The Morgan fingerprint density at radius 2 is 2.12 bits per heavy atom. The van der Waals surface area contributed by atoms with Gasteiger partial charge in [0.25, 0.3) is 11.5 Å². The highest BCUT2D eigenvalue weighted by Gasteiger charge is 2.19. The molecule has 24 heavy (non-hydrogen) atoms. The second-order valence-electron chi connectivity index (χ2n) is 5.07. The van der Waals surface area contributed by atoms with Crippen LogP contribution in [0.25, 0.3) is 10.2 Å². The lowest BCUT2D eigenvalue weighted by molar-refractivity contribution is 0.102. The number of anilines is 1. The Labute approximate surface area is 139 Å². The predicted octanol–water partition coefficient (Wildman–Crippen LogP) is 2.40. The standard InChI is InChI=1S/C15H13FN4O3S/c1-6-7(2)19-20-14(22)11(6)13(21)18-15-17-12-9(23-3)4-8(16)5-10(12)24-15/h4-5H,1-3H3,(H,20,22)(H,17,18,21). The van der Waals surface area contributed by atoms with E-state index in [0.29, 0.717) is 21.5 Å². The fraction of sp³-hybridized carbons (Fsp3) is 0.200. The van der Waals surface area contributed by atoms with Crippen molar-refractivity contribution in [1.82, 2.24) is 15.2 Å². The zero-order chi connectivity index (χ0) is 17.4. The summed E-state index contributed by atoms with van der Waals surface area (Å²) >= 11 is 1.09. The monoisotopic (exact) mass is 348 g/mol. The Kier molecular flexibility index (Phi) is 4.02. The van der Waals surface area contributed by atoms with Crippen molar-refractivity contribution in [3.05, 3.63) is 45.1 Å². The number of rotatable bonds is 3. The number of hydrogen-bond acceptors (Lipinski definition) is 6. The van der Waals surface area contributed by atoms with Crippen LogP contribution in [0, 0.1) is 19.7 Å². The van der Waals surface area contributed by atoms with Gasteiger partial charge in [-0.2, -0.15) is 5.10 Å². The molecule has 0 aliphatic heterocycles. The molecule has 3 rings (SSSR count). The number of fused-ring (bicyclic) bond motifs is 1. The number of benzene rings is 1. The molecule has 0 unspecified atom stereocenters. The lowest BCUT2D eigenvalue weighted by Crippen LogP contribution is -2.26. The van der Waals surface area contributed by atoms with Gasteiger partial charge in [-0.25, -0.2) is 14.5 Å². The number of thiazole rings is 1. The molecular formula is C15H13FN4O3S. The summed E-state index contributed by atoms with van der Waals surface area (Å²) in [4.78, 5) is 28.5. The summed E-state index contributed by atoms with van der Waals surface area (Å²) in [6, 6.07) is 2.52. The first-order chi connectivity index (χ1) is 11.4. The van der Waals surface area contributed by atoms with Gasteiger partial charge in [-0.1, -0.05) is 11.3 Å². The van der Waals surface area contributed by atoms with Crippen molar-refractivity contribution in [2.24, 2.45) is 0 Å². The summed E-state index contributed by atoms with van der Waals surface area (Å²) < 4.78 is 19.2. The summed E-state index contributed by atoms with van der Waals surface area (Å²) in [5, 5.41) is 8.89. The number of aryl methyl sites for hydroxylation is 1. The summed E-state index contributed by atoms with van der Waals surface area (Å²) in [5.74, 6) is -0.786. The van der Waals surface area contributed by atoms with Crippen LogP contribution in [0.5, 0.6) is 5.75 Å². The summed E-state index contributed by atoms with van der Waals surface area (Å²) in [7, 11) is 1.41. The highest BCUT2D eigenvalue weighted by atomic mass is 32.1. The maximum absolute atomic E-state index is 13.5. The molecule has 1 amide bonds. The number of ether oxygens (including phenoxy) is 1. The van der Waals surface area contributed by atoms with E-state index in [1.54, 1.807) is 13.8 Å². The van der Waals surface area contributed by atoms with Crippen LogP contribution in [0.4, 0.5) is 9.52 Å². The molecule has 0 aliphatic rings. The zero-order valence-electron chi connectivity index (χ0n) is 13.1. The molecule has 3 aromatic rings. The number of carbonyl (C=O) groups excluding carboxylic acids is 1. The van der Waals surface area contributed by atoms with Crippen LogP contribution in [-0.2, 0) is 0 Å². The van der Waals surface area contributed by atoms with Crippen molar-refractivity contribution in [2.75, 3.05) is 12.4 Å². The van der Waals surface area contributed by atoms with Crippen molar-refractivity contribution < 1.29 is 13.9 Å².